The van der Waals surface area contributed by atoms with Gasteiger partial charge in [-0.15, -0.1) is 0 Å². The molecule has 0 saturated carbocycles. The van der Waals surface area contributed by atoms with Crippen molar-refractivity contribution < 1.29 is 8.22 Å². The van der Waals surface area contributed by atoms with Gasteiger partial charge in [0.1, 0.15) is 0 Å². The summed E-state index contributed by atoms with van der Waals surface area (Å²) in [6.07, 6.45) is 2.22. The Balaban J connectivity index is 3.52. The molecular weight excluding hydrogens is 126 g/mol. The Morgan fingerprint density at radius 2 is 2.00 bits per heavy atom. The van der Waals surface area contributed by atoms with Crippen LogP contribution in [0.15, 0.2) is 11.8 Å². The average Bonchev–Trinajstić information content (AvgIpc) is 1.59. The lowest BCUT2D eigenvalue weighted by Crippen LogP contribution is -2.11. The predicted octanol–water partition coefficient (Wildman–Crippen LogP) is 2.50. The van der Waals surface area contributed by atoms with Gasteiger partial charge in [0, 0.05) is 0 Å². The van der Waals surface area contributed by atoms with Gasteiger partial charge in [-0.3, -0.25) is 8.22 Å². The molecule has 0 N–H and O–H groups in total. The molecule has 0 aliphatic carbocycles. The van der Waals surface area contributed by atoms with Crippen molar-refractivity contribution in [2.75, 3.05) is 0 Å². The van der Waals surface area contributed by atoms with Crippen LogP contribution >= 0.6 is 0 Å². The standard InChI is InChI=1S/C5H10F2Si/c1-3-4-5-8(2,6)7/h4-5H,3H2,1-2H3. The molecule has 0 heterocycles. The van der Waals surface area contributed by atoms with Gasteiger partial charge in [-0.2, -0.15) is 0 Å². The highest BCUT2D eigenvalue weighted by atomic mass is 28.4. The van der Waals surface area contributed by atoms with Gasteiger partial charge in [0.15, 0.2) is 0 Å². The van der Waals surface area contributed by atoms with Gasteiger partial charge in [-0.25, -0.2) is 0 Å². The molecule has 0 atom stereocenters. The SMILES string of the molecule is CCC=C[Si](C)(F)F. The van der Waals surface area contributed by atoms with E-state index < -0.39 is 8.74 Å². The molecule has 0 aromatic carbocycles. The number of hydrogen-bond donors (Lipinski definition) is 0. The first-order valence-electron chi connectivity index (χ1n) is 2.62. The molecule has 0 saturated heterocycles. The molecule has 0 fully saturated rings. The number of halogens is 2. The van der Waals surface area contributed by atoms with E-state index in [1.165, 1.54) is 6.08 Å². The maximum absolute atomic E-state index is 12.0. The molecule has 0 aromatic rings. The third-order valence-corrected chi connectivity index (χ3v) is 1.47. The van der Waals surface area contributed by atoms with Crippen LogP contribution in [0.25, 0.3) is 0 Å². The second kappa shape index (κ2) is 2.97. The lowest BCUT2D eigenvalue weighted by molar-refractivity contribution is 0.639. The van der Waals surface area contributed by atoms with E-state index in [0.717, 1.165) is 12.2 Å². The zero-order chi connectivity index (χ0) is 6.62. The molecule has 48 valence electrons. The van der Waals surface area contributed by atoms with Crippen LogP contribution in [0.2, 0.25) is 6.55 Å². The van der Waals surface area contributed by atoms with Gasteiger partial charge in [-0.1, -0.05) is 13.0 Å². The van der Waals surface area contributed by atoms with E-state index in [9.17, 15) is 8.22 Å². The van der Waals surface area contributed by atoms with Crippen molar-refractivity contribution in [3.05, 3.63) is 11.8 Å². The summed E-state index contributed by atoms with van der Waals surface area (Å²) in [4.78, 5) is 0. The second-order valence-electron chi connectivity index (χ2n) is 1.77. The lowest BCUT2D eigenvalue weighted by atomic mass is 10.5. The minimum Gasteiger partial charge on any atom is -0.265 e. The van der Waals surface area contributed by atoms with Crippen molar-refractivity contribution >= 4 is 8.74 Å². The summed E-state index contributed by atoms with van der Waals surface area (Å²) < 4.78 is 23.9. The number of hydrogen-bond acceptors (Lipinski definition) is 0. The van der Waals surface area contributed by atoms with Gasteiger partial charge in [-0.05, 0) is 18.7 Å². The highest BCUT2D eigenvalue weighted by Crippen LogP contribution is 2.06. The van der Waals surface area contributed by atoms with E-state index in [1.54, 1.807) is 0 Å². The zero-order valence-electron chi connectivity index (χ0n) is 5.12. The van der Waals surface area contributed by atoms with Crippen LogP contribution in [0.5, 0.6) is 0 Å². The summed E-state index contributed by atoms with van der Waals surface area (Å²) in [7, 11) is -3.86. The van der Waals surface area contributed by atoms with Crippen LogP contribution in [0.3, 0.4) is 0 Å². The molecule has 0 unspecified atom stereocenters. The Morgan fingerprint density at radius 3 is 2.12 bits per heavy atom. The summed E-state index contributed by atoms with van der Waals surface area (Å²) in [6.45, 7) is 2.86. The van der Waals surface area contributed by atoms with Gasteiger partial charge in [0.25, 0.3) is 0 Å². The summed E-state index contributed by atoms with van der Waals surface area (Å²) in [6, 6.07) is 0. The molecule has 0 amide bonds. The van der Waals surface area contributed by atoms with Crippen LogP contribution in [0, 0.1) is 0 Å². The van der Waals surface area contributed by atoms with E-state index in [-0.39, 0.29) is 0 Å². The first kappa shape index (κ1) is 7.82. The van der Waals surface area contributed by atoms with E-state index in [4.69, 9.17) is 0 Å². The maximum atomic E-state index is 12.0. The number of rotatable bonds is 2. The molecular formula is C5H10F2Si. The van der Waals surface area contributed by atoms with Crippen LogP contribution < -0.4 is 0 Å². The highest BCUT2D eigenvalue weighted by Gasteiger charge is 2.21. The normalized spacial score (nSPS) is 13.0. The third-order valence-electron chi connectivity index (χ3n) is 0.646. The van der Waals surface area contributed by atoms with Crippen LogP contribution in [-0.4, -0.2) is 8.74 Å². The van der Waals surface area contributed by atoms with Crippen LogP contribution in [-0.2, 0) is 0 Å². The molecule has 3 heteroatoms. The second-order valence-corrected chi connectivity index (χ2v) is 4.01. The largest absolute Gasteiger partial charge is 0.445 e. The Bertz CT molecular complexity index is 82.9. The van der Waals surface area contributed by atoms with Crippen molar-refractivity contribution in [1.82, 2.24) is 0 Å². The van der Waals surface area contributed by atoms with Crippen molar-refractivity contribution in [2.24, 2.45) is 0 Å². The van der Waals surface area contributed by atoms with Crippen molar-refractivity contribution in [3.63, 3.8) is 0 Å². The third kappa shape index (κ3) is 5.82. The summed E-state index contributed by atoms with van der Waals surface area (Å²) >= 11 is 0. The molecule has 8 heavy (non-hydrogen) atoms. The average molecular weight is 136 g/mol. The summed E-state index contributed by atoms with van der Waals surface area (Å²) in [5.41, 5.74) is 1.05. The Kier molecular flexibility index (Phi) is 2.90. The molecule has 0 bridgehead atoms. The monoisotopic (exact) mass is 136 g/mol. The summed E-state index contributed by atoms with van der Waals surface area (Å²) in [5, 5.41) is 0. The minimum absolute atomic E-state index is 0.705. The molecule has 0 rings (SSSR count). The smallest absolute Gasteiger partial charge is 0.265 e. The molecule has 0 radical (unpaired) electrons. The Hall–Kier alpha value is -0.183. The Labute approximate surface area is 49.6 Å². The number of allylic oxidation sites excluding steroid dienone is 1. The van der Waals surface area contributed by atoms with Crippen molar-refractivity contribution in [1.29, 1.82) is 0 Å². The van der Waals surface area contributed by atoms with E-state index in [1.807, 2.05) is 6.92 Å². The quantitative estimate of drug-likeness (QED) is 0.404. The van der Waals surface area contributed by atoms with Gasteiger partial charge in [0.05, 0.1) is 0 Å². The van der Waals surface area contributed by atoms with E-state index >= 15 is 0 Å². The molecule has 0 aliphatic heterocycles. The first-order valence-corrected chi connectivity index (χ1v) is 4.95. The predicted molar refractivity (Wildman–Crippen MR) is 33.3 cm³/mol. The maximum Gasteiger partial charge on any atom is 0.445 e. The summed E-state index contributed by atoms with van der Waals surface area (Å²) in [5.74, 6) is 0. The molecule has 0 nitrogen and oxygen atoms in total. The van der Waals surface area contributed by atoms with Crippen molar-refractivity contribution in [2.45, 2.75) is 19.9 Å². The molecule has 0 aromatic heterocycles. The molecule has 0 aliphatic rings. The topological polar surface area (TPSA) is 0 Å². The van der Waals surface area contributed by atoms with Crippen LogP contribution in [0.1, 0.15) is 13.3 Å². The fourth-order valence-electron chi connectivity index (χ4n) is 0.325. The van der Waals surface area contributed by atoms with Crippen LogP contribution in [0.4, 0.5) is 8.22 Å². The van der Waals surface area contributed by atoms with Gasteiger partial charge < -0.3 is 0 Å². The van der Waals surface area contributed by atoms with E-state index in [2.05, 4.69) is 0 Å². The van der Waals surface area contributed by atoms with Gasteiger partial charge in [0.2, 0.25) is 0 Å². The fourth-order valence-corrected chi connectivity index (χ4v) is 0.974. The molecule has 0 spiro atoms. The highest BCUT2D eigenvalue weighted by molar-refractivity contribution is 6.69. The Morgan fingerprint density at radius 1 is 1.50 bits per heavy atom. The fraction of sp³-hybridized carbons (Fsp3) is 0.600. The first-order chi connectivity index (χ1) is 3.56. The van der Waals surface area contributed by atoms with Gasteiger partial charge >= 0.3 is 8.74 Å². The zero-order valence-corrected chi connectivity index (χ0v) is 6.12. The minimum atomic E-state index is -3.86. The van der Waals surface area contributed by atoms with Crippen molar-refractivity contribution in [3.8, 4) is 0 Å². The van der Waals surface area contributed by atoms with E-state index in [0.29, 0.717) is 6.42 Å². The lowest BCUT2D eigenvalue weighted by Gasteiger charge is -1.94.